The quantitative estimate of drug-likeness (QED) is 0.820. The fraction of sp³-hybridized carbons (Fsp3) is 0.316. The first-order valence-corrected chi connectivity index (χ1v) is 8.15. The summed E-state index contributed by atoms with van der Waals surface area (Å²) in [6.07, 6.45) is 0. The van der Waals surface area contributed by atoms with E-state index in [1.54, 1.807) is 19.2 Å². The Kier molecular flexibility index (Phi) is 5.73. The van der Waals surface area contributed by atoms with Crippen molar-refractivity contribution < 1.29 is 9.53 Å². The number of nitrogens with one attached hydrogen (secondary N) is 2. The van der Waals surface area contributed by atoms with Crippen molar-refractivity contribution in [2.24, 2.45) is 0 Å². The number of hydrogen-bond acceptors (Lipinski definition) is 2. The van der Waals surface area contributed by atoms with Gasteiger partial charge in [-0.1, -0.05) is 43.6 Å². The molecule has 0 atom stereocenters. The van der Waals surface area contributed by atoms with Crippen molar-refractivity contribution in [3.05, 3.63) is 58.6 Å². The molecule has 0 aliphatic carbocycles. The first-order valence-electron chi connectivity index (χ1n) is 7.77. The summed E-state index contributed by atoms with van der Waals surface area (Å²) in [6, 6.07) is 13.0. The average Bonchev–Trinajstić information content (AvgIpc) is 2.56. The number of carbonyl (C=O) groups excluding carboxylic acids is 1. The van der Waals surface area contributed by atoms with E-state index < -0.39 is 0 Å². The lowest BCUT2D eigenvalue weighted by atomic mass is 9.84. The van der Waals surface area contributed by atoms with Crippen LogP contribution in [0.15, 0.2) is 42.5 Å². The molecular formula is C19H23ClN2O2. The number of carbonyl (C=O) groups is 1. The highest BCUT2D eigenvalue weighted by molar-refractivity contribution is 6.31. The van der Waals surface area contributed by atoms with Crippen LogP contribution in [-0.2, 0) is 5.41 Å². The summed E-state index contributed by atoms with van der Waals surface area (Å²) in [5, 5.41) is 6.35. The molecule has 5 heteroatoms. The summed E-state index contributed by atoms with van der Waals surface area (Å²) in [7, 11) is 1.64. The van der Waals surface area contributed by atoms with E-state index in [-0.39, 0.29) is 11.4 Å². The Labute approximate surface area is 148 Å². The van der Waals surface area contributed by atoms with Gasteiger partial charge in [0.2, 0.25) is 0 Å². The first kappa shape index (κ1) is 18.1. The molecule has 2 N–H and O–H groups in total. The number of aryl methyl sites for hydroxylation is 1. The SMILES string of the molecule is COc1ccc(C(C)(C)CNC(=O)Nc2cc(Cl)ccc2C)cc1. The van der Waals surface area contributed by atoms with Crippen LogP contribution in [0.1, 0.15) is 25.0 Å². The van der Waals surface area contributed by atoms with Gasteiger partial charge in [0.05, 0.1) is 7.11 Å². The third-order valence-electron chi connectivity index (χ3n) is 4.01. The number of rotatable bonds is 5. The number of benzene rings is 2. The number of anilines is 1. The highest BCUT2D eigenvalue weighted by atomic mass is 35.5. The maximum atomic E-state index is 12.2. The summed E-state index contributed by atoms with van der Waals surface area (Å²) >= 11 is 5.97. The van der Waals surface area contributed by atoms with Gasteiger partial charge in [-0.05, 0) is 42.3 Å². The van der Waals surface area contributed by atoms with Crippen molar-refractivity contribution >= 4 is 23.3 Å². The smallest absolute Gasteiger partial charge is 0.319 e. The van der Waals surface area contributed by atoms with E-state index in [0.717, 1.165) is 16.9 Å². The van der Waals surface area contributed by atoms with Crippen LogP contribution in [-0.4, -0.2) is 19.7 Å². The molecule has 2 aromatic carbocycles. The van der Waals surface area contributed by atoms with E-state index in [0.29, 0.717) is 17.3 Å². The summed E-state index contributed by atoms with van der Waals surface area (Å²) < 4.78 is 5.18. The van der Waals surface area contributed by atoms with Gasteiger partial charge in [0, 0.05) is 22.7 Å². The number of methoxy groups -OCH3 is 1. The van der Waals surface area contributed by atoms with Crippen molar-refractivity contribution in [1.29, 1.82) is 0 Å². The van der Waals surface area contributed by atoms with E-state index in [1.165, 1.54) is 0 Å². The maximum Gasteiger partial charge on any atom is 0.319 e. The molecule has 0 aromatic heterocycles. The van der Waals surface area contributed by atoms with Crippen molar-refractivity contribution in [2.45, 2.75) is 26.2 Å². The molecule has 0 aliphatic rings. The van der Waals surface area contributed by atoms with Crippen LogP contribution in [0.25, 0.3) is 0 Å². The van der Waals surface area contributed by atoms with Crippen molar-refractivity contribution in [2.75, 3.05) is 19.0 Å². The Balaban J connectivity index is 1.97. The molecule has 0 bridgehead atoms. The predicted octanol–water partition coefficient (Wildman–Crippen LogP) is 4.76. The molecule has 4 nitrogen and oxygen atoms in total. The second-order valence-electron chi connectivity index (χ2n) is 6.38. The molecule has 128 valence electrons. The van der Waals surface area contributed by atoms with Crippen LogP contribution < -0.4 is 15.4 Å². The second kappa shape index (κ2) is 7.58. The van der Waals surface area contributed by atoms with Crippen LogP contribution in [0.2, 0.25) is 5.02 Å². The zero-order valence-electron chi connectivity index (χ0n) is 14.4. The first-order chi connectivity index (χ1) is 11.3. The van der Waals surface area contributed by atoms with Gasteiger partial charge in [-0.3, -0.25) is 0 Å². The van der Waals surface area contributed by atoms with Gasteiger partial charge < -0.3 is 15.4 Å². The van der Waals surface area contributed by atoms with Crippen LogP contribution in [0.3, 0.4) is 0 Å². The normalized spacial score (nSPS) is 11.0. The molecule has 2 aromatic rings. The minimum atomic E-state index is -0.248. The average molecular weight is 347 g/mol. The van der Waals surface area contributed by atoms with Gasteiger partial charge in [-0.15, -0.1) is 0 Å². The van der Waals surface area contributed by atoms with Crippen LogP contribution in [0.4, 0.5) is 10.5 Å². The number of hydrogen-bond donors (Lipinski definition) is 2. The monoisotopic (exact) mass is 346 g/mol. The van der Waals surface area contributed by atoms with Gasteiger partial charge in [0.1, 0.15) is 5.75 Å². The van der Waals surface area contributed by atoms with Gasteiger partial charge in [0.15, 0.2) is 0 Å². The van der Waals surface area contributed by atoms with Crippen LogP contribution in [0, 0.1) is 6.92 Å². The molecule has 2 rings (SSSR count). The number of amides is 2. The number of urea groups is 1. The Morgan fingerprint density at radius 1 is 1.17 bits per heavy atom. The molecule has 0 radical (unpaired) electrons. The molecule has 0 unspecified atom stereocenters. The minimum Gasteiger partial charge on any atom is -0.497 e. The third kappa shape index (κ3) is 4.65. The zero-order valence-corrected chi connectivity index (χ0v) is 15.2. The molecule has 0 saturated heterocycles. The summed E-state index contributed by atoms with van der Waals surface area (Å²) in [5.41, 5.74) is 2.60. The van der Waals surface area contributed by atoms with Gasteiger partial charge >= 0.3 is 6.03 Å². The fourth-order valence-corrected chi connectivity index (χ4v) is 2.51. The number of halogens is 1. The molecule has 24 heavy (non-hydrogen) atoms. The molecule has 0 aliphatic heterocycles. The Bertz CT molecular complexity index is 712. The largest absolute Gasteiger partial charge is 0.497 e. The minimum absolute atomic E-state index is 0.201. The summed E-state index contributed by atoms with van der Waals surface area (Å²) in [4.78, 5) is 12.2. The fourth-order valence-electron chi connectivity index (χ4n) is 2.34. The Hall–Kier alpha value is -2.20. The summed E-state index contributed by atoms with van der Waals surface area (Å²) in [6.45, 7) is 6.59. The van der Waals surface area contributed by atoms with Gasteiger partial charge in [0.25, 0.3) is 0 Å². The lowest BCUT2D eigenvalue weighted by molar-refractivity contribution is 0.249. The molecule has 2 amide bonds. The van der Waals surface area contributed by atoms with Crippen molar-refractivity contribution in [3.63, 3.8) is 0 Å². The predicted molar refractivity (Wildman–Crippen MR) is 99.2 cm³/mol. The lowest BCUT2D eigenvalue weighted by Crippen LogP contribution is -2.39. The number of ether oxygens (including phenoxy) is 1. The summed E-state index contributed by atoms with van der Waals surface area (Å²) in [5.74, 6) is 0.816. The van der Waals surface area contributed by atoms with Gasteiger partial charge in [-0.25, -0.2) is 4.79 Å². The molecule has 0 fully saturated rings. The molecular weight excluding hydrogens is 324 g/mol. The highest BCUT2D eigenvalue weighted by Crippen LogP contribution is 2.25. The van der Waals surface area contributed by atoms with E-state index in [4.69, 9.17) is 16.3 Å². The Morgan fingerprint density at radius 3 is 2.46 bits per heavy atom. The van der Waals surface area contributed by atoms with Crippen molar-refractivity contribution in [3.8, 4) is 5.75 Å². The van der Waals surface area contributed by atoms with E-state index in [9.17, 15) is 4.79 Å². The lowest BCUT2D eigenvalue weighted by Gasteiger charge is -2.26. The third-order valence-corrected chi connectivity index (χ3v) is 4.25. The van der Waals surface area contributed by atoms with Crippen molar-refractivity contribution in [1.82, 2.24) is 5.32 Å². The Morgan fingerprint density at radius 2 is 1.83 bits per heavy atom. The van der Waals surface area contributed by atoms with Crippen LogP contribution >= 0.6 is 11.6 Å². The molecule has 0 spiro atoms. The van der Waals surface area contributed by atoms with E-state index in [1.807, 2.05) is 37.3 Å². The van der Waals surface area contributed by atoms with Gasteiger partial charge in [-0.2, -0.15) is 0 Å². The zero-order chi connectivity index (χ0) is 17.7. The van der Waals surface area contributed by atoms with E-state index >= 15 is 0 Å². The topological polar surface area (TPSA) is 50.4 Å². The van der Waals surface area contributed by atoms with E-state index in [2.05, 4.69) is 24.5 Å². The second-order valence-corrected chi connectivity index (χ2v) is 6.82. The maximum absolute atomic E-state index is 12.2. The highest BCUT2D eigenvalue weighted by Gasteiger charge is 2.21. The standard InChI is InChI=1S/C19H23ClN2O2/c1-13-5-8-15(20)11-17(13)22-18(23)21-12-19(2,3)14-6-9-16(24-4)10-7-14/h5-11H,12H2,1-4H3,(H2,21,22,23). The molecule has 0 heterocycles. The molecule has 0 saturated carbocycles. The van der Waals surface area contributed by atoms with Crippen LogP contribution in [0.5, 0.6) is 5.75 Å².